The van der Waals surface area contributed by atoms with E-state index in [9.17, 15) is 9.59 Å². The van der Waals surface area contributed by atoms with E-state index in [1.807, 2.05) is 0 Å². The Morgan fingerprint density at radius 2 is 2.29 bits per heavy atom. The van der Waals surface area contributed by atoms with Crippen LogP contribution in [0.2, 0.25) is 0 Å². The van der Waals surface area contributed by atoms with Gasteiger partial charge in [-0.2, -0.15) is 0 Å². The lowest BCUT2D eigenvalue weighted by Gasteiger charge is -2.19. The van der Waals surface area contributed by atoms with Crippen LogP contribution in [0.3, 0.4) is 0 Å². The number of likely N-dealkylation sites (tertiary alicyclic amines) is 1. The first-order valence-electron chi connectivity index (χ1n) is 4.56. The van der Waals surface area contributed by atoms with Gasteiger partial charge in [0.25, 0.3) is 0 Å². The first kappa shape index (κ1) is 10.8. The normalized spacial score (nSPS) is 20.7. The lowest BCUT2D eigenvalue weighted by Crippen LogP contribution is -2.42. The van der Waals surface area contributed by atoms with Gasteiger partial charge in [0.2, 0.25) is 0 Å². The molecule has 1 atom stereocenters. The summed E-state index contributed by atoms with van der Waals surface area (Å²) in [6.45, 7) is 2.34. The minimum absolute atomic E-state index is 0.179. The van der Waals surface area contributed by atoms with Crippen LogP contribution < -0.4 is 5.73 Å². The lowest BCUT2D eigenvalue weighted by atomic mass is 10.3. The van der Waals surface area contributed by atoms with Gasteiger partial charge in [0.1, 0.15) is 0 Å². The van der Waals surface area contributed by atoms with Gasteiger partial charge in [0, 0.05) is 6.54 Å². The average molecular weight is 202 g/mol. The second-order valence-corrected chi connectivity index (χ2v) is 2.95. The molecule has 1 heterocycles. The van der Waals surface area contributed by atoms with Gasteiger partial charge < -0.3 is 15.2 Å². The molecular formula is C8H14N2O4. The smallest absolute Gasteiger partial charge is 0.434 e. The van der Waals surface area contributed by atoms with E-state index in [0.29, 0.717) is 6.54 Å². The van der Waals surface area contributed by atoms with Crippen molar-refractivity contribution < 1.29 is 19.1 Å². The molecule has 1 amide bonds. The highest BCUT2D eigenvalue weighted by Gasteiger charge is 2.28. The van der Waals surface area contributed by atoms with E-state index in [1.165, 1.54) is 4.90 Å². The van der Waals surface area contributed by atoms with E-state index in [0.717, 1.165) is 12.8 Å². The minimum atomic E-state index is -0.975. The van der Waals surface area contributed by atoms with Crippen molar-refractivity contribution in [2.75, 3.05) is 13.2 Å². The minimum Gasteiger partial charge on any atom is -0.434 e. The fourth-order valence-electron chi connectivity index (χ4n) is 1.30. The largest absolute Gasteiger partial charge is 0.517 e. The van der Waals surface area contributed by atoms with Crippen LogP contribution in [0.15, 0.2) is 0 Å². The molecule has 0 aromatic heterocycles. The van der Waals surface area contributed by atoms with Gasteiger partial charge >= 0.3 is 12.2 Å². The molecule has 1 aliphatic heterocycles. The summed E-state index contributed by atoms with van der Waals surface area (Å²) in [6, 6.07) is 0. The molecule has 14 heavy (non-hydrogen) atoms. The van der Waals surface area contributed by atoms with Gasteiger partial charge in [0.15, 0.2) is 0 Å². The molecule has 6 nitrogen and oxygen atoms in total. The standard InChI is InChI=1S/C8H14N2O4/c1-2-13-8(12)14-7(11)10-5-3-4-6(10)9/h6H,2-5,9H2,1H3. The number of carbonyl (C=O) groups excluding carboxylic acids is 2. The van der Waals surface area contributed by atoms with Crippen LogP contribution in [0.25, 0.3) is 0 Å². The molecule has 0 spiro atoms. The summed E-state index contributed by atoms with van der Waals surface area (Å²) in [5, 5.41) is 0. The predicted molar refractivity (Wildman–Crippen MR) is 47.4 cm³/mol. The van der Waals surface area contributed by atoms with Gasteiger partial charge in [-0.25, -0.2) is 9.59 Å². The Hall–Kier alpha value is -1.30. The molecular weight excluding hydrogens is 188 g/mol. The summed E-state index contributed by atoms with van der Waals surface area (Å²) >= 11 is 0. The molecule has 1 aliphatic rings. The van der Waals surface area contributed by atoms with Crippen molar-refractivity contribution in [3.05, 3.63) is 0 Å². The molecule has 0 aliphatic carbocycles. The van der Waals surface area contributed by atoms with Gasteiger partial charge in [-0.1, -0.05) is 0 Å². The summed E-state index contributed by atoms with van der Waals surface area (Å²) in [5.74, 6) is 0. The number of nitrogens with zero attached hydrogens (tertiary/aromatic N) is 1. The molecule has 1 fully saturated rings. The Morgan fingerprint density at radius 3 is 2.79 bits per heavy atom. The van der Waals surface area contributed by atoms with E-state index in [2.05, 4.69) is 9.47 Å². The zero-order valence-corrected chi connectivity index (χ0v) is 8.06. The zero-order valence-electron chi connectivity index (χ0n) is 8.06. The highest BCUT2D eigenvalue weighted by molar-refractivity contribution is 5.80. The third kappa shape index (κ3) is 2.59. The van der Waals surface area contributed by atoms with Crippen molar-refractivity contribution in [1.29, 1.82) is 0 Å². The molecule has 0 radical (unpaired) electrons. The summed E-state index contributed by atoms with van der Waals surface area (Å²) in [5.41, 5.74) is 5.60. The topological polar surface area (TPSA) is 81.9 Å². The SMILES string of the molecule is CCOC(=O)OC(=O)N1CCCC1N. The first-order chi connectivity index (χ1) is 6.65. The predicted octanol–water partition coefficient (Wildman–Crippen LogP) is 0.660. The van der Waals surface area contributed by atoms with Crippen molar-refractivity contribution in [3.63, 3.8) is 0 Å². The van der Waals surface area contributed by atoms with Gasteiger partial charge in [-0.15, -0.1) is 0 Å². The molecule has 1 saturated heterocycles. The van der Waals surface area contributed by atoms with Crippen LogP contribution in [0.4, 0.5) is 9.59 Å². The summed E-state index contributed by atoms with van der Waals surface area (Å²) in [4.78, 5) is 23.4. The molecule has 0 bridgehead atoms. The van der Waals surface area contributed by atoms with E-state index >= 15 is 0 Å². The number of hydrogen-bond acceptors (Lipinski definition) is 5. The van der Waals surface area contributed by atoms with Crippen LogP contribution in [-0.2, 0) is 9.47 Å². The van der Waals surface area contributed by atoms with Crippen molar-refractivity contribution in [2.45, 2.75) is 25.9 Å². The summed E-state index contributed by atoms with van der Waals surface area (Å²) in [7, 11) is 0. The molecule has 0 aromatic carbocycles. The molecule has 2 N–H and O–H groups in total. The highest BCUT2D eigenvalue weighted by atomic mass is 16.7. The van der Waals surface area contributed by atoms with Gasteiger partial charge in [-0.05, 0) is 19.8 Å². The van der Waals surface area contributed by atoms with Crippen molar-refractivity contribution in [3.8, 4) is 0 Å². The average Bonchev–Trinajstić information content (AvgIpc) is 2.51. The molecule has 1 unspecified atom stereocenters. The van der Waals surface area contributed by atoms with E-state index in [-0.39, 0.29) is 12.8 Å². The quantitative estimate of drug-likeness (QED) is 0.499. The van der Waals surface area contributed by atoms with Crippen molar-refractivity contribution in [2.24, 2.45) is 5.73 Å². The summed E-state index contributed by atoms with van der Waals surface area (Å²) in [6.07, 6.45) is -0.487. The number of ether oxygens (including phenoxy) is 2. The Balaban J connectivity index is 2.37. The number of nitrogens with two attached hydrogens (primary N) is 1. The molecule has 0 aromatic rings. The van der Waals surface area contributed by atoms with Crippen LogP contribution >= 0.6 is 0 Å². The van der Waals surface area contributed by atoms with E-state index in [1.54, 1.807) is 6.92 Å². The maximum Gasteiger partial charge on any atom is 0.517 e. The second-order valence-electron chi connectivity index (χ2n) is 2.95. The molecule has 80 valence electrons. The third-order valence-corrected chi connectivity index (χ3v) is 1.97. The number of carbonyl (C=O) groups is 2. The Labute approximate surface area is 81.9 Å². The third-order valence-electron chi connectivity index (χ3n) is 1.97. The van der Waals surface area contributed by atoms with Gasteiger partial charge in [0.05, 0.1) is 12.8 Å². The highest BCUT2D eigenvalue weighted by Crippen LogP contribution is 2.13. The van der Waals surface area contributed by atoms with Crippen LogP contribution in [0.1, 0.15) is 19.8 Å². The van der Waals surface area contributed by atoms with Gasteiger partial charge in [-0.3, -0.25) is 4.90 Å². The second kappa shape index (κ2) is 4.80. The fraction of sp³-hybridized carbons (Fsp3) is 0.750. The van der Waals surface area contributed by atoms with Crippen molar-refractivity contribution in [1.82, 2.24) is 4.90 Å². The Kier molecular flexibility index (Phi) is 3.70. The monoisotopic (exact) mass is 202 g/mol. The maximum absolute atomic E-state index is 11.3. The Bertz CT molecular complexity index is 231. The fourth-order valence-corrected chi connectivity index (χ4v) is 1.30. The number of amides is 1. The van der Waals surface area contributed by atoms with E-state index < -0.39 is 12.2 Å². The van der Waals surface area contributed by atoms with Crippen LogP contribution in [0.5, 0.6) is 0 Å². The van der Waals surface area contributed by atoms with Crippen LogP contribution in [0, 0.1) is 0 Å². The van der Waals surface area contributed by atoms with Crippen molar-refractivity contribution >= 4 is 12.2 Å². The maximum atomic E-state index is 11.3. The molecule has 0 saturated carbocycles. The lowest BCUT2D eigenvalue weighted by molar-refractivity contribution is 0.0619. The first-order valence-corrected chi connectivity index (χ1v) is 4.56. The number of rotatable bonds is 1. The molecule has 1 rings (SSSR count). The Morgan fingerprint density at radius 1 is 1.57 bits per heavy atom. The van der Waals surface area contributed by atoms with E-state index in [4.69, 9.17) is 5.73 Å². The zero-order chi connectivity index (χ0) is 10.6. The molecule has 6 heteroatoms. The summed E-state index contributed by atoms with van der Waals surface area (Å²) < 4.78 is 8.85. The van der Waals surface area contributed by atoms with Crippen LogP contribution in [-0.4, -0.2) is 36.5 Å². The number of hydrogen-bond donors (Lipinski definition) is 1.